The molecule has 0 spiro atoms. The minimum atomic E-state index is -4.60. The van der Waals surface area contributed by atoms with E-state index < -0.39 is 17.3 Å². The highest BCUT2D eigenvalue weighted by Crippen LogP contribution is 2.41. The van der Waals surface area contributed by atoms with Crippen molar-refractivity contribution in [2.75, 3.05) is 11.1 Å². The summed E-state index contributed by atoms with van der Waals surface area (Å²) in [5.41, 5.74) is -0.726. The van der Waals surface area contributed by atoms with E-state index in [2.05, 4.69) is 15.3 Å². The zero-order valence-corrected chi connectivity index (χ0v) is 15.7. The molecule has 0 atom stereocenters. The zero-order valence-electron chi connectivity index (χ0n) is 14.1. The van der Waals surface area contributed by atoms with Gasteiger partial charge in [-0.05, 0) is 31.2 Å². The third kappa shape index (κ3) is 4.59. The predicted molar refractivity (Wildman–Crippen MR) is 96.7 cm³/mol. The molecule has 1 N–H and O–H groups in total. The van der Waals surface area contributed by atoms with Gasteiger partial charge in [-0.3, -0.25) is 4.79 Å². The maximum Gasteiger partial charge on any atom is 0.418 e. The number of fused-ring (bicyclic) bond motifs is 1. The van der Waals surface area contributed by atoms with Gasteiger partial charge in [0.25, 0.3) is 0 Å². The minimum Gasteiger partial charge on any atom is -0.302 e. The first-order valence-electron chi connectivity index (χ1n) is 8.25. The average molecular weight is 412 g/mol. The topological polar surface area (TPSA) is 78.7 Å². The molecule has 2 aromatic rings. The summed E-state index contributed by atoms with van der Waals surface area (Å²) in [4.78, 5) is 20.2. The van der Waals surface area contributed by atoms with Crippen molar-refractivity contribution >= 4 is 34.1 Å². The van der Waals surface area contributed by atoms with E-state index in [9.17, 15) is 23.2 Å². The van der Waals surface area contributed by atoms with Gasteiger partial charge in [0.2, 0.25) is 5.91 Å². The van der Waals surface area contributed by atoms with Crippen molar-refractivity contribution in [1.29, 1.82) is 5.26 Å². The van der Waals surface area contributed by atoms with Crippen molar-refractivity contribution < 1.29 is 18.0 Å². The second kappa shape index (κ2) is 8.27. The Balaban J connectivity index is 1.78. The first kappa shape index (κ1) is 19.6. The van der Waals surface area contributed by atoms with Crippen molar-refractivity contribution in [2.24, 2.45) is 0 Å². The fraction of sp³-hybridized carbons (Fsp3) is 0.412. The third-order valence-electron chi connectivity index (χ3n) is 4.08. The number of nitriles is 1. The Morgan fingerprint density at radius 1 is 1.37 bits per heavy atom. The summed E-state index contributed by atoms with van der Waals surface area (Å²) < 4.78 is 40.8. The lowest BCUT2D eigenvalue weighted by Gasteiger charge is -2.22. The van der Waals surface area contributed by atoms with E-state index in [1.54, 1.807) is 17.6 Å². The van der Waals surface area contributed by atoms with Crippen LogP contribution in [-0.4, -0.2) is 21.6 Å². The Bertz CT molecular complexity index is 876. The molecule has 0 fully saturated rings. The number of carbonyl (C=O) groups excluding carboxylic acids is 1. The van der Waals surface area contributed by atoms with Crippen molar-refractivity contribution in [1.82, 2.24) is 9.97 Å². The van der Waals surface area contributed by atoms with Crippen molar-refractivity contribution in [2.45, 2.75) is 43.3 Å². The zero-order chi connectivity index (χ0) is 19.4. The monoisotopic (exact) mass is 412 g/mol. The van der Waals surface area contributed by atoms with Gasteiger partial charge in [0.1, 0.15) is 11.1 Å². The molecular weight excluding hydrogens is 397 g/mol. The number of thioether (sulfide) groups is 1. The predicted octanol–water partition coefficient (Wildman–Crippen LogP) is 4.43. The molecule has 2 heterocycles. The fourth-order valence-electron chi connectivity index (χ4n) is 2.95. The van der Waals surface area contributed by atoms with E-state index in [0.29, 0.717) is 23.7 Å². The van der Waals surface area contributed by atoms with Crippen LogP contribution in [0.2, 0.25) is 0 Å². The highest BCUT2D eigenvalue weighted by Gasteiger charge is 2.39. The molecule has 1 amide bonds. The van der Waals surface area contributed by atoms with Crippen LogP contribution in [0.15, 0.2) is 16.6 Å². The second-order valence-corrected chi connectivity index (χ2v) is 7.87. The summed E-state index contributed by atoms with van der Waals surface area (Å²) in [6, 6.07) is 1.68. The molecule has 2 aromatic heterocycles. The number of carbonyl (C=O) groups is 1. The lowest BCUT2D eigenvalue weighted by Crippen LogP contribution is -2.19. The molecular formula is C17H15F3N4OS2. The number of alkyl halides is 3. The molecule has 10 heteroatoms. The fourth-order valence-corrected chi connectivity index (χ4v) is 4.44. The van der Waals surface area contributed by atoms with E-state index >= 15 is 0 Å². The number of nitrogens with zero attached hydrogens (tertiary/aromatic N) is 3. The van der Waals surface area contributed by atoms with Crippen LogP contribution in [0, 0.1) is 11.3 Å². The average Bonchev–Trinajstić information content (AvgIpc) is 3.12. The number of hydrogen-bond acceptors (Lipinski definition) is 6. The quantitative estimate of drug-likeness (QED) is 0.735. The van der Waals surface area contributed by atoms with Gasteiger partial charge in [-0.2, -0.15) is 18.4 Å². The van der Waals surface area contributed by atoms with Crippen LogP contribution in [-0.2, 0) is 23.8 Å². The maximum atomic E-state index is 13.6. The van der Waals surface area contributed by atoms with Crippen LogP contribution in [0.1, 0.15) is 41.6 Å². The Morgan fingerprint density at radius 2 is 2.15 bits per heavy atom. The smallest absolute Gasteiger partial charge is 0.302 e. The standard InChI is InChI=1S/C17H15F3N4OS2/c18-17(19,20)14-10-3-1-2-4-12(10)23-15(11(14)9-21)26-7-5-13(25)24-16-22-6-8-27-16/h6,8H,1-5,7H2,(H,22,24,25). The molecule has 0 aliphatic heterocycles. The first-order chi connectivity index (χ1) is 12.9. The Labute approximate surface area is 162 Å². The van der Waals surface area contributed by atoms with Crippen molar-refractivity contribution in [3.63, 3.8) is 0 Å². The number of amides is 1. The largest absolute Gasteiger partial charge is 0.418 e. The first-order valence-corrected chi connectivity index (χ1v) is 10.1. The molecule has 142 valence electrons. The molecule has 0 saturated heterocycles. The van der Waals surface area contributed by atoms with Crippen LogP contribution in [0.4, 0.5) is 18.3 Å². The highest BCUT2D eigenvalue weighted by atomic mass is 32.2. The van der Waals surface area contributed by atoms with Gasteiger partial charge >= 0.3 is 6.18 Å². The van der Waals surface area contributed by atoms with Crippen LogP contribution in [0.3, 0.4) is 0 Å². The van der Waals surface area contributed by atoms with E-state index in [-0.39, 0.29) is 35.1 Å². The van der Waals surface area contributed by atoms with Crippen LogP contribution < -0.4 is 5.32 Å². The molecule has 5 nitrogen and oxygen atoms in total. The van der Waals surface area contributed by atoms with Gasteiger partial charge in [-0.25, -0.2) is 9.97 Å². The van der Waals surface area contributed by atoms with Gasteiger partial charge in [0.15, 0.2) is 5.13 Å². The van der Waals surface area contributed by atoms with Gasteiger partial charge in [-0.1, -0.05) is 0 Å². The van der Waals surface area contributed by atoms with Gasteiger partial charge < -0.3 is 5.32 Å². The van der Waals surface area contributed by atoms with Crippen LogP contribution >= 0.6 is 23.1 Å². The Hall–Kier alpha value is -2.12. The summed E-state index contributed by atoms with van der Waals surface area (Å²) in [7, 11) is 0. The summed E-state index contributed by atoms with van der Waals surface area (Å²) in [5.74, 6) is -0.0698. The number of hydrogen-bond donors (Lipinski definition) is 1. The van der Waals surface area contributed by atoms with E-state index in [0.717, 1.165) is 18.2 Å². The minimum absolute atomic E-state index is 0.0486. The van der Waals surface area contributed by atoms with E-state index in [1.165, 1.54) is 11.3 Å². The second-order valence-electron chi connectivity index (χ2n) is 5.89. The maximum absolute atomic E-state index is 13.6. The molecule has 1 aliphatic carbocycles. The van der Waals surface area contributed by atoms with E-state index in [1.807, 2.05) is 0 Å². The lowest BCUT2D eigenvalue weighted by molar-refractivity contribution is -0.138. The number of rotatable bonds is 5. The molecule has 0 unspecified atom stereocenters. The van der Waals surface area contributed by atoms with Crippen LogP contribution in [0.25, 0.3) is 0 Å². The number of halogens is 3. The number of thiazole rings is 1. The molecule has 0 saturated carbocycles. The molecule has 0 bridgehead atoms. The molecule has 27 heavy (non-hydrogen) atoms. The summed E-state index contributed by atoms with van der Waals surface area (Å²) in [6.07, 6.45) is -0.767. The summed E-state index contributed by atoms with van der Waals surface area (Å²) in [6.45, 7) is 0. The van der Waals surface area contributed by atoms with Gasteiger partial charge in [-0.15, -0.1) is 23.1 Å². The van der Waals surface area contributed by atoms with E-state index in [4.69, 9.17) is 0 Å². The van der Waals surface area contributed by atoms with Crippen molar-refractivity contribution in [3.8, 4) is 6.07 Å². The molecule has 1 aliphatic rings. The molecule has 0 radical (unpaired) electrons. The number of pyridine rings is 1. The normalized spacial score (nSPS) is 13.7. The number of aryl methyl sites for hydroxylation is 1. The SMILES string of the molecule is N#Cc1c(SCCC(=O)Nc2nccs2)nc2c(c1C(F)(F)F)CCCC2. The highest BCUT2D eigenvalue weighted by molar-refractivity contribution is 7.99. The summed E-state index contributed by atoms with van der Waals surface area (Å²) in [5, 5.41) is 14.2. The van der Waals surface area contributed by atoms with Gasteiger partial charge in [0.05, 0.1) is 11.1 Å². The lowest BCUT2D eigenvalue weighted by atomic mass is 9.90. The molecule has 0 aromatic carbocycles. The van der Waals surface area contributed by atoms with Crippen LogP contribution in [0.5, 0.6) is 0 Å². The Morgan fingerprint density at radius 3 is 2.81 bits per heavy atom. The van der Waals surface area contributed by atoms with Gasteiger partial charge in [0, 0.05) is 29.4 Å². The number of aromatic nitrogens is 2. The number of nitrogens with one attached hydrogen (secondary N) is 1. The Kier molecular flexibility index (Phi) is 6.01. The molecule has 3 rings (SSSR count). The van der Waals surface area contributed by atoms with Crippen molar-refractivity contribution in [3.05, 3.63) is 34.0 Å². The summed E-state index contributed by atoms with van der Waals surface area (Å²) >= 11 is 2.28. The third-order valence-corrected chi connectivity index (χ3v) is 5.75. The number of anilines is 1.